The smallest absolute Gasteiger partial charge is 0.368 e. The molecule has 0 saturated heterocycles. The molecule has 140 valence electrons. The number of benzene rings is 2. The second-order valence-corrected chi connectivity index (χ2v) is 7.66. The first-order chi connectivity index (χ1) is 13.0. The quantitative estimate of drug-likeness (QED) is 0.661. The molecule has 0 N–H and O–H groups in total. The summed E-state index contributed by atoms with van der Waals surface area (Å²) in [6.07, 6.45) is 2.28. The van der Waals surface area contributed by atoms with E-state index in [1.165, 1.54) is 14.9 Å². The Morgan fingerprint density at radius 2 is 2.07 bits per heavy atom. The summed E-state index contributed by atoms with van der Waals surface area (Å²) in [5.41, 5.74) is 3.50. The molecule has 1 heterocycles. The van der Waals surface area contributed by atoms with E-state index in [1.807, 2.05) is 25.1 Å². The van der Waals surface area contributed by atoms with Gasteiger partial charge in [0.25, 0.3) is 0 Å². The second-order valence-electron chi connectivity index (χ2n) is 6.77. The van der Waals surface area contributed by atoms with Crippen LogP contribution in [0.2, 0.25) is 5.02 Å². The van der Waals surface area contributed by atoms with E-state index < -0.39 is 0 Å². The fraction of sp³-hybridized carbons (Fsp3) is 0.316. The van der Waals surface area contributed by atoms with Crippen molar-refractivity contribution >= 4 is 24.2 Å². The summed E-state index contributed by atoms with van der Waals surface area (Å²) in [5.74, 6) is 1.09. The van der Waals surface area contributed by atoms with Gasteiger partial charge in [-0.2, -0.15) is 9.36 Å². The van der Waals surface area contributed by atoms with E-state index in [2.05, 4.69) is 29.1 Å². The lowest BCUT2D eigenvalue weighted by Gasteiger charge is -2.16. The Balaban J connectivity index is 1.74. The van der Waals surface area contributed by atoms with E-state index in [9.17, 15) is 4.79 Å². The van der Waals surface area contributed by atoms with E-state index in [4.69, 9.17) is 16.3 Å². The van der Waals surface area contributed by atoms with Gasteiger partial charge in [0.15, 0.2) is 0 Å². The molecule has 1 saturated carbocycles. The molecule has 0 amide bonds. The van der Waals surface area contributed by atoms with Crippen molar-refractivity contribution in [1.29, 1.82) is 0 Å². The van der Waals surface area contributed by atoms with Gasteiger partial charge in [-0.1, -0.05) is 23.7 Å². The highest BCUT2D eigenvalue weighted by atomic mass is 35.5. The highest BCUT2D eigenvalue weighted by molar-refractivity contribution is 7.80. The van der Waals surface area contributed by atoms with Gasteiger partial charge >= 0.3 is 5.69 Å². The average Bonchev–Trinajstić information content (AvgIpc) is 3.43. The number of rotatable bonds is 5. The molecule has 6 nitrogen and oxygen atoms in total. The number of tetrazole rings is 1. The monoisotopic (exact) mass is 402 g/mol. The van der Waals surface area contributed by atoms with Crippen molar-refractivity contribution in [1.82, 2.24) is 19.8 Å². The average molecular weight is 403 g/mol. The molecule has 27 heavy (non-hydrogen) atoms. The molecule has 1 aliphatic rings. The molecular formula is C19H19ClN4O2S. The van der Waals surface area contributed by atoms with Crippen molar-refractivity contribution in [3.05, 3.63) is 62.5 Å². The van der Waals surface area contributed by atoms with Crippen molar-refractivity contribution in [2.45, 2.75) is 37.2 Å². The van der Waals surface area contributed by atoms with Crippen LogP contribution in [0.15, 0.2) is 40.0 Å². The number of ether oxygens (including phenoxy) is 1. The van der Waals surface area contributed by atoms with Crippen molar-refractivity contribution in [2.75, 3.05) is 0 Å². The first kappa shape index (κ1) is 18.1. The molecule has 3 aromatic rings. The maximum atomic E-state index is 12.4. The van der Waals surface area contributed by atoms with Gasteiger partial charge in [-0.25, -0.2) is 4.79 Å². The highest BCUT2D eigenvalue weighted by Crippen LogP contribution is 2.43. The lowest BCUT2D eigenvalue weighted by atomic mass is 10.0. The van der Waals surface area contributed by atoms with Gasteiger partial charge in [0, 0.05) is 17.5 Å². The van der Waals surface area contributed by atoms with E-state index in [1.54, 1.807) is 13.1 Å². The third-order valence-corrected chi connectivity index (χ3v) is 5.55. The number of aromatic nitrogens is 4. The molecule has 0 radical (unpaired) electrons. The van der Waals surface area contributed by atoms with Crippen LogP contribution in [0.4, 0.5) is 0 Å². The third kappa shape index (κ3) is 3.49. The Morgan fingerprint density at radius 3 is 2.74 bits per heavy atom. The minimum absolute atomic E-state index is 0.288. The van der Waals surface area contributed by atoms with Crippen LogP contribution in [-0.2, 0) is 13.7 Å². The third-order valence-electron chi connectivity index (χ3n) is 4.78. The van der Waals surface area contributed by atoms with Gasteiger partial charge in [0.2, 0.25) is 0 Å². The van der Waals surface area contributed by atoms with E-state index in [-0.39, 0.29) is 12.3 Å². The summed E-state index contributed by atoms with van der Waals surface area (Å²) < 4.78 is 8.57. The van der Waals surface area contributed by atoms with Gasteiger partial charge in [-0.15, -0.1) is 12.6 Å². The Morgan fingerprint density at radius 1 is 1.30 bits per heavy atom. The molecular weight excluding hydrogens is 384 g/mol. The van der Waals surface area contributed by atoms with Crippen LogP contribution in [0.3, 0.4) is 0 Å². The summed E-state index contributed by atoms with van der Waals surface area (Å²) in [5, 5.41) is 8.32. The summed E-state index contributed by atoms with van der Waals surface area (Å²) in [4.78, 5) is 13.2. The maximum absolute atomic E-state index is 12.4. The van der Waals surface area contributed by atoms with Crippen LogP contribution in [0, 0.1) is 6.92 Å². The van der Waals surface area contributed by atoms with Crippen molar-refractivity contribution in [3.63, 3.8) is 0 Å². The molecule has 2 aromatic carbocycles. The molecule has 8 heteroatoms. The molecule has 1 fully saturated rings. The zero-order valence-corrected chi connectivity index (χ0v) is 16.7. The normalized spacial score (nSPS) is 13.8. The minimum atomic E-state index is -0.294. The Kier molecular flexibility index (Phi) is 4.74. The number of thiol groups is 1. The van der Waals surface area contributed by atoms with Crippen molar-refractivity contribution < 1.29 is 4.74 Å². The predicted octanol–water partition coefficient (Wildman–Crippen LogP) is 3.67. The lowest BCUT2D eigenvalue weighted by molar-refractivity contribution is 0.304. The summed E-state index contributed by atoms with van der Waals surface area (Å²) in [7, 11) is 1.58. The second kappa shape index (κ2) is 7.05. The summed E-state index contributed by atoms with van der Waals surface area (Å²) >= 11 is 10.7. The van der Waals surface area contributed by atoms with Gasteiger partial charge in [0.1, 0.15) is 12.4 Å². The van der Waals surface area contributed by atoms with Crippen LogP contribution in [0.5, 0.6) is 5.75 Å². The fourth-order valence-electron chi connectivity index (χ4n) is 3.09. The van der Waals surface area contributed by atoms with Gasteiger partial charge in [-0.05, 0) is 65.4 Å². The Labute approximate surface area is 167 Å². The van der Waals surface area contributed by atoms with Crippen LogP contribution >= 0.6 is 24.2 Å². The number of hydrogen-bond acceptors (Lipinski definition) is 5. The first-order valence-corrected chi connectivity index (χ1v) is 9.51. The zero-order chi connectivity index (χ0) is 19.1. The van der Waals surface area contributed by atoms with Gasteiger partial charge in [-0.3, -0.25) is 0 Å². The van der Waals surface area contributed by atoms with Crippen LogP contribution in [0.1, 0.15) is 35.4 Å². The number of halogens is 1. The fourth-order valence-corrected chi connectivity index (χ4v) is 3.58. The number of aryl methyl sites for hydroxylation is 2. The van der Waals surface area contributed by atoms with Crippen LogP contribution < -0.4 is 10.4 Å². The first-order valence-electron chi connectivity index (χ1n) is 8.68. The van der Waals surface area contributed by atoms with Gasteiger partial charge in [0.05, 0.1) is 10.7 Å². The Hall–Kier alpha value is -2.25. The highest BCUT2D eigenvalue weighted by Gasteiger charge is 2.28. The summed E-state index contributed by atoms with van der Waals surface area (Å²) in [6, 6.07) is 9.55. The van der Waals surface area contributed by atoms with Crippen molar-refractivity contribution in [3.8, 4) is 11.4 Å². The lowest BCUT2D eigenvalue weighted by Crippen LogP contribution is -2.23. The van der Waals surface area contributed by atoms with Gasteiger partial charge < -0.3 is 4.74 Å². The minimum Gasteiger partial charge on any atom is -0.487 e. The summed E-state index contributed by atoms with van der Waals surface area (Å²) in [6.45, 7) is 2.24. The molecule has 1 aromatic heterocycles. The van der Waals surface area contributed by atoms with E-state index in [0.29, 0.717) is 22.4 Å². The largest absolute Gasteiger partial charge is 0.487 e. The molecule has 0 atom stereocenters. The number of nitrogens with zero attached hydrogens (tertiary/aromatic N) is 4. The maximum Gasteiger partial charge on any atom is 0.368 e. The molecule has 0 unspecified atom stereocenters. The Bertz CT molecular complexity index is 1070. The van der Waals surface area contributed by atoms with Crippen LogP contribution in [-0.4, -0.2) is 19.8 Å². The SMILES string of the molecule is Cc1cc(OCc2c(C3CC3)cccc2-n2nnn(C)c2=O)c(Cl)cc1S. The molecule has 0 bridgehead atoms. The zero-order valence-electron chi connectivity index (χ0n) is 15.0. The number of hydrogen-bond donors (Lipinski definition) is 1. The van der Waals surface area contributed by atoms with E-state index >= 15 is 0 Å². The standard InChI is InChI=1S/C19H19ClN4O2S/c1-11-8-17(15(20)9-18(11)27)26-10-14-13(12-6-7-12)4-3-5-16(14)24-19(25)23(2)21-22-24/h3-5,8-9,12,27H,6-7,10H2,1-2H3. The van der Waals surface area contributed by atoms with Crippen LogP contribution in [0.25, 0.3) is 5.69 Å². The van der Waals surface area contributed by atoms with E-state index in [0.717, 1.165) is 28.9 Å². The molecule has 0 spiro atoms. The molecule has 0 aliphatic heterocycles. The topological polar surface area (TPSA) is 61.9 Å². The van der Waals surface area contributed by atoms with Crippen molar-refractivity contribution in [2.24, 2.45) is 7.05 Å². The predicted molar refractivity (Wildman–Crippen MR) is 106 cm³/mol. The molecule has 1 aliphatic carbocycles. The molecule has 4 rings (SSSR count).